The fourth-order valence-corrected chi connectivity index (χ4v) is 7.48. The Bertz CT molecular complexity index is 1270. The molecule has 10 heteroatoms. The molecule has 6 rings (SSSR count). The number of benzene rings is 1. The number of nitrogens with zero attached hydrogens (tertiary/aromatic N) is 6. The highest BCUT2D eigenvalue weighted by molar-refractivity contribution is 5.96. The van der Waals surface area contributed by atoms with E-state index in [1.807, 2.05) is 11.9 Å². The van der Waals surface area contributed by atoms with Gasteiger partial charge in [-0.2, -0.15) is 0 Å². The lowest BCUT2D eigenvalue weighted by molar-refractivity contribution is 0.0995. The topological polar surface area (TPSA) is 111 Å². The number of urea groups is 1. The Morgan fingerprint density at radius 3 is 2.38 bits per heavy atom. The molecule has 4 aliphatic rings. The number of likely N-dealkylation sites (tertiary alicyclic amines) is 1. The van der Waals surface area contributed by atoms with Crippen LogP contribution in [0.3, 0.4) is 0 Å². The zero-order valence-electron chi connectivity index (χ0n) is 25.2. The Morgan fingerprint density at radius 1 is 0.952 bits per heavy atom. The molecule has 1 unspecified atom stereocenters. The Hall–Kier alpha value is -3.40. The summed E-state index contributed by atoms with van der Waals surface area (Å²) in [5.74, 6) is 0.427. The summed E-state index contributed by atoms with van der Waals surface area (Å²) in [6, 6.07) is 9.57. The van der Waals surface area contributed by atoms with E-state index in [1.54, 1.807) is 11.1 Å². The molecule has 3 amide bonds. The first kappa shape index (κ1) is 28.7. The van der Waals surface area contributed by atoms with Crippen molar-refractivity contribution in [2.45, 2.75) is 82.2 Å². The first-order valence-corrected chi connectivity index (χ1v) is 15.9. The highest BCUT2D eigenvalue weighted by Gasteiger charge is 2.35. The van der Waals surface area contributed by atoms with Gasteiger partial charge in [0.2, 0.25) is 0 Å². The summed E-state index contributed by atoms with van der Waals surface area (Å²) in [4.78, 5) is 43.0. The number of nitrogens with two attached hydrogens (primary N) is 1. The van der Waals surface area contributed by atoms with Crippen molar-refractivity contribution in [1.82, 2.24) is 24.7 Å². The van der Waals surface area contributed by atoms with Gasteiger partial charge in [0.15, 0.2) is 11.5 Å². The van der Waals surface area contributed by atoms with Gasteiger partial charge in [-0.1, -0.05) is 31.9 Å². The lowest BCUT2D eigenvalue weighted by Gasteiger charge is -2.43. The summed E-state index contributed by atoms with van der Waals surface area (Å²) in [7, 11) is 1.87. The molecule has 0 bridgehead atoms. The number of aromatic nitrogens is 2. The lowest BCUT2D eigenvalue weighted by atomic mass is 9.74. The summed E-state index contributed by atoms with van der Waals surface area (Å²) in [5.41, 5.74) is 8.18. The third-order valence-corrected chi connectivity index (χ3v) is 10.2. The molecule has 4 fully saturated rings. The van der Waals surface area contributed by atoms with Crippen LogP contribution in [-0.2, 0) is 5.41 Å². The van der Waals surface area contributed by atoms with E-state index >= 15 is 0 Å². The first-order chi connectivity index (χ1) is 20.3. The average Bonchev–Trinajstić information content (AvgIpc) is 3.54. The van der Waals surface area contributed by atoms with Gasteiger partial charge in [-0.3, -0.25) is 4.79 Å². The zero-order valence-corrected chi connectivity index (χ0v) is 25.2. The van der Waals surface area contributed by atoms with Gasteiger partial charge in [0.05, 0.1) is 12.2 Å². The van der Waals surface area contributed by atoms with Crippen LogP contribution in [0.4, 0.5) is 22.1 Å². The van der Waals surface area contributed by atoms with Crippen molar-refractivity contribution in [1.29, 1.82) is 0 Å². The maximum Gasteiger partial charge on any atom is 0.320 e. The number of primary amides is 1. The summed E-state index contributed by atoms with van der Waals surface area (Å²) < 4.78 is 0. The zero-order chi connectivity index (χ0) is 29.3. The largest absolute Gasteiger partial charge is 0.364 e. The van der Waals surface area contributed by atoms with Crippen LogP contribution < -0.4 is 16.0 Å². The molecular formula is C32H46N8O2. The Labute approximate surface area is 249 Å². The second-order valence-corrected chi connectivity index (χ2v) is 13.0. The van der Waals surface area contributed by atoms with Gasteiger partial charge in [-0.15, -0.1) is 0 Å². The number of anilines is 3. The van der Waals surface area contributed by atoms with Crippen molar-refractivity contribution in [2.24, 2.45) is 5.73 Å². The Kier molecular flexibility index (Phi) is 8.25. The molecule has 1 aromatic carbocycles. The van der Waals surface area contributed by atoms with Crippen LogP contribution in [0.15, 0.2) is 30.5 Å². The van der Waals surface area contributed by atoms with Crippen molar-refractivity contribution < 1.29 is 9.59 Å². The fraction of sp³-hybridized carbons (Fsp3) is 0.625. The van der Waals surface area contributed by atoms with E-state index in [-0.39, 0.29) is 23.2 Å². The number of carbonyl (C=O) groups excluding carboxylic acids is 2. The summed E-state index contributed by atoms with van der Waals surface area (Å²) in [6.45, 7) is 7.84. The van der Waals surface area contributed by atoms with Gasteiger partial charge < -0.3 is 30.7 Å². The van der Waals surface area contributed by atoms with E-state index in [0.29, 0.717) is 18.2 Å². The summed E-state index contributed by atoms with van der Waals surface area (Å²) in [6.07, 6.45) is 12.4. The highest BCUT2D eigenvalue weighted by atomic mass is 16.2. The number of hydrogen-bond donors (Lipinski definition) is 2. The molecule has 226 valence electrons. The number of carbonyl (C=O) groups is 2. The smallest absolute Gasteiger partial charge is 0.320 e. The molecule has 0 radical (unpaired) electrons. The molecule has 1 atom stereocenters. The molecule has 1 aromatic heterocycles. The minimum Gasteiger partial charge on any atom is -0.364 e. The van der Waals surface area contributed by atoms with Crippen LogP contribution in [-0.4, -0.2) is 95.0 Å². The number of piperidine rings is 2. The minimum atomic E-state index is -0.617. The van der Waals surface area contributed by atoms with E-state index < -0.39 is 5.91 Å². The van der Waals surface area contributed by atoms with Gasteiger partial charge in [0.25, 0.3) is 5.91 Å². The minimum absolute atomic E-state index is 0.0993. The van der Waals surface area contributed by atoms with Crippen molar-refractivity contribution in [3.05, 3.63) is 41.7 Å². The van der Waals surface area contributed by atoms with E-state index in [0.717, 1.165) is 50.6 Å². The average molecular weight is 575 g/mol. The highest BCUT2D eigenvalue weighted by Crippen LogP contribution is 2.38. The molecule has 0 spiro atoms. The van der Waals surface area contributed by atoms with E-state index in [2.05, 4.69) is 51.3 Å². The lowest BCUT2D eigenvalue weighted by Crippen LogP contribution is -2.56. The second kappa shape index (κ2) is 12.1. The van der Waals surface area contributed by atoms with Gasteiger partial charge in [0, 0.05) is 45.0 Å². The molecule has 3 N–H and O–H groups in total. The van der Waals surface area contributed by atoms with Crippen LogP contribution >= 0.6 is 0 Å². The van der Waals surface area contributed by atoms with Crippen molar-refractivity contribution in [3.63, 3.8) is 0 Å². The van der Waals surface area contributed by atoms with Gasteiger partial charge in [0.1, 0.15) is 5.82 Å². The molecule has 3 saturated heterocycles. The number of nitrogens with one attached hydrogen (secondary N) is 1. The molecule has 10 nitrogen and oxygen atoms in total. The van der Waals surface area contributed by atoms with Gasteiger partial charge in [-0.25, -0.2) is 14.8 Å². The number of rotatable bonds is 7. The number of hydrogen-bond acceptors (Lipinski definition) is 7. The van der Waals surface area contributed by atoms with E-state index in [1.165, 1.54) is 57.2 Å². The van der Waals surface area contributed by atoms with Crippen LogP contribution in [0.5, 0.6) is 0 Å². The first-order valence-electron chi connectivity index (χ1n) is 15.9. The van der Waals surface area contributed by atoms with Crippen molar-refractivity contribution in [3.8, 4) is 0 Å². The normalized spacial score (nSPS) is 23.8. The maximum absolute atomic E-state index is 12.8. The molecule has 2 aromatic rings. The summed E-state index contributed by atoms with van der Waals surface area (Å²) >= 11 is 0. The Morgan fingerprint density at radius 2 is 1.67 bits per heavy atom. The summed E-state index contributed by atoms with van der Waals surface area (Å²) in [5, 5.41) is 3.33. The third kappa shape index (κ3) is 5.91. The number of amides is 3. The second-order valence-electron chi connectivity index (χ2n) is 13.0. The quantitative estimate of drug-likeness (QED) is 0.506. The standard InChI is InChI=1S/C32H46N8O2/c1-32(14-19-38(20-15-32)25-7-3-4-8-25)23-10-12-24(13-11-23)35-30-28(29(33)41)34-21-27(36-30)39-17-5-9-26(22-39)40-18-6-16-37(2)31(40)42/h10-13,21,25-26H,3-9,14-20,22H2,1-2H3,(H2,33,41)(H,35,36). The Balaban J connectivity index is 1.14. The van der Waals surface area contributed by atoms with Crippen molar-refractivity contribution >= 4 is 29.3 Å². The van der Waals surface area contributed by atoms with Crippen molar-refractivity contribution in [2.75, 3.05) is 56.5 Å². The predicted octanol–water partition coefficient (Wildman–Crippen LogP) is 4.34. The predicted molar refractivity (Wildman–Crippen MR) is 165 cm³/mol. The van der Waals surface area contributed by atoms with E-state index in [4.69, 9.17) is 10.7 Å². The monoisotopic (exact) mass is 574 g/mol. The van der Waals surface area contributed by atoms with Crippen LogP contribution in [0.2, 0.25) is 0 Å². The molecule has 1 saturated carbocycles. The van der Waals surface area contributed by atoms with Gasteiger partial charge >= 0.3 is 6.03 Å². The molecule has 42 heavy (non-hydrogen) atoms. The maximum atomic E-state index is 12.8. The van der Waals surface area contributed by atoms with Crippen LogP contribution in [0, 0.1) is 0 Å². The molecule has 3 aliphatic heterocycles. The molecule has 1 aliphatic carbocycles. The molecular weight excluding hydrogens is 528 g/mol. The van der Waals surface area contributed by atoms with E-state index in [9.17, 15) is 9.59 Å². The third-order valence-electron chi connectivity index (χ3n) is 10.2. The SMILES string of the molecule is CN1CCCN(C2CCCN(c3cnc(C(N)=O)c(Nc4ccc(C5(C)CCN(C6CCCC6)CC5)cc4)n3)C2)C1=O. The van der Waals surface area contributed by atoms with Crippen LogP contribution in [0.25, 0.3) is 0 Å². The fourth-order valence-electron chi connectivity index (χ4n) is 7.48. The van der Waals surface area contributed by atoms with Crippen LogP contribution in [0.1, 0.15) is 80.8 Å². The van der Waals surface area contributed by atoms with Gasteiger partial charge in [-0.05, 0) is 81.1 Å². The molecule has 4 heterocycles.